The molecule has 27 heavy (non-hydrogen) atoms. The number of likely N-dealkylation sites (N-methyl/N-ethyl adjacent to an activating group) is 1. The number of morpholine rings is 1. The number of H-pyrrole nitrogens is 1. The monoisotopic (exact) mass is 373 g/mol. The van der Waals surface area contributed by atoms with Gasteiger partial charge in [0.25, 0.3) is 11.5 Å². The summed E-state index contributed by atoms with van der Waals surface area (Å²) in [6, 6.07) is 4.91. The van der Waals surface area contributed by atoms with Crippen molar-refractivity contribution in [2.75, 3.05) is 33.3 Å². The Bertz CT molecular complexity index is 872. The molecule has 3 heterocycles. The highest BCUT2D eigenvalue weighted by Gasteiger charge is 2.26. The predicted octanol–water partition coefficient (Wildman–Crippen LogP) is 0.698. The van der Waals surface area contributed by atoms with E-state index >= 15 is 0 Å². The Balaban J connectivity index is 1.85. The fraction of sp³-hybridized carbons (Fsp3) is 0.526. The van der Waals surface area contributed by atoms with Crippen molar-refractivity contribution < 1.29 is 9.53 Å². The molecule has 2 aromatic heterocycles. The minimum atomic E-state index is -0.243. The Labute approximate surface area is 158 Å². The van der Waals surface area contributed by atoms with Crippen LogP contribution in [0.3, 0.4) is 0 Å². The van der Waals surface area contributed by atoms with Crippen LogP contribution in [0, 0.1) is 13.8 Å². The third-order valence-electron chi connectivity index (χ3n) is 4.85. The third-order valence-corrected chi connectivity index (χ3v) is 4.85. The van der Waals surface area contributed by atoms with Crippen LogP contribution in [0.1, 0.15) is 27.4 Å². The zero-order chi connectivity index (χ0) is 19.6. The maximum atomic E-state index is 13.2. The number of ether oxygens (including phenoxy) is 1. The van der Waals surface area contributed by atoms with E-state index < -0.39 is 0 Å². The number of amides is 1. The van der Waals surface area contributed by atoms with Gasteiger partial charge in [0.15, 0.2) is 0 Å². The molecule has 3 rings (SSSR count). The molecule has 0 aliphatic carbocycles. The van der Waals surface area contributed by atoms with Gasteiger partial charge in [-0.25, -0.2) is 4.68 Å². The average Bonchev–Trinajstić information content (AvgIpc) is 2.93. The fourth-order valence-electron chi connectivity index (χ4n) is 3.37. The lowest BCUT2D eigenvalue weighted by molar-refractivity contribution is -0.0337. The molecule has 1 amide bonds. The number of aryl methyl sites for hydroxylation is 3. The van der Waals surface area contributed by atoms with Gasteiger partial charge < -0.3 is 19.5 Å². The van der Waals surface area contributed by atoms with Gasteiger partial charge in [0.1, 0.15) is 5.69 Å². The van der Waals surface area contributed by atoms with Crippen molar-refractivity contribution in [2.24, 2.45) is 7.05 Å². The molecule has 0 aromatic carbocycles. The molecule has 1 atom stereocenters. The molecule has 8 heteroatoms. The molecular formula is C19H27N5O3. The number of rotatable bonds is 5. The van der Waals surface area contributed by atoms with Crippen molar-refractivity contribution in [1.82, 2.24) is 24.6 Å². The van der Waals surface area contributed by atoms with Gasteiger partial charge >= 0.3 is 0 Å². The zero-order valence-corrected chi connectivity index (χ0v) is 16.4. The van der Waals surface area contributed by atoms with E-state index in [0.717, 1.165) is 30.0 Å². The standard InChI is InChI=1S/C19H27N5O3/c1-13-9-15(14(2)20-13)10-24(12-16-11-22(3)7-8-27-16)19(26)17-5-6-18(25)23(4)21-17/h5-6,9,16,20H,7-8,10-12H2,1-4H3/t16-/m0/s1. The summed E-state index contributed by atoms with van der Waals surface area (Å²) in [4.78, 5) is 32.0. The summed E-state index contributed by atoms with van der Waals surface area (Å²) in [5.74, 6) is -0.208. The summed E-state index contributed by atoms with van der Waals surface area (Å²) < 4.78 is 7.04. The summed E-state index contributed by atoms with van der Waals surface area (Å²) >= 11 is 0. The highest BCUT2D eigenvalue weighted by molar-refractivity contribution is 5.92. The molecule has 1 fully saturated rings. The Hall–Kier alpha value is -2.45. The largest absolute Gasteiger partial charge is 0.374 e. The van der Waals surface area contributed by atoms with Crippen LogP contribution < -0.4 is 5.56 Å². The second kappa shape index (κ2) is 8.06. The lowest BCUT2D eigenvalue weighted by atomic mass is 10.2. The molecule has 0 radical (unpaired) electrons. The van der Waals surface area contributed by atoms with Crippen molar-refractivity contribution in [3.8, 4) is 0 Å². The number of aromatic nitrogens is 3. The summed E-state index contributed by atoms with van der Waals surface area (Å²) in [5.41, 5.74) is 3.18. The minimum Gasteiger partial charge on any atom is -0.374 e. The first-order valence-corrected chi connectivity index (χ1v) is 9.12. The van der Waals surface area contributed by atoms with Gasteiger partial charge in [0.05, 0.1) is 12.7 Å². The summed E-state index contributed by atoms with van der Waals surface area (Å²) in [5, 5.41) is 4.12. The molecule has 0 bridgehead atoms. The Kier molecular flexibility index (Phi) is 5.76. The molecule has 8 nitrogen and oxygen atoms in total. The van der Waals surface area contributed by atoms with Gasteiger partial charge in [-0.2, -0.15) is 5.10 Å². The normalized spacial score (nSPS) is 17.9. The average molecular weight is 373 g/mol. The van der Waals surface area contributed by atoms with Crippen LogP contribution in [-0.2, 0) is 18.3 Å². The van der Waals surface area contributed by atoms with E-state index in [-0.39, 0.29) is 23.3 Å². The second-order valence-electron chi connectivity index (χ2n) is 7.22. The van der Waals surface area contributed by atoms with E-state index in [0.29, 0.717) is 19.7 Å². The van der Waals surface area contributed by atoms with E-state index in [9.17, 15) is 9.59 Å². The lowest BCUT2D eigenvalue weighted by Crippen LogP contribution is -2.47. The van der Waals surface area contributed by atoms with E-state index in [1.54, 1.807) is 11.9 Å². The van der Waals surface area contributed by atoms with Crippen LogP contribution in [-0.4, -0.2) is 69.9 Å². The van der Waals surface area contributed by atoms with Crippen molar-refractivity contribution >= 4 is 5.91 Å². The van der Waals surface area contributed by atoms with Gasteiger partial charge in [0.2, 0.25) is 0 Å². The third kappa shape index (κ3) is 4.64. The van der Waals surface area contributed by atoms with E-state index in [1.807, 2.05) is 13.8 Å². The van der Waals surface area contributed by atoms with Crippen LogP contribution in [0.5, 0.6) is 0 Å². The molecule has 0 unspecified atom stereocenters. The lowest BCUT2D eigenvalue weighted by Gasteiger charge is -2.34. The molecule has 2 aromatic rings. The smallest absolute Gasteiger partial charge is 0.274 e. The highest BCUT2D eigenvalue weighted by atomic mass is 16.5. The molecule has 1 aliphatic rings. The van der Waals surface area contributed by atoms with Crippen LogP contribution in [0.25, 0.3) is 0 Å². The first-order valence-electron chi connectivity index (χ1n) is 9.12. The first kappa shape index (κ1) is 19.3. The van der Waals surface area contributed by atoms with Crippen molar-refractivity contribution in [3.63, 3.8) is 0 Å². The Morgan fingerprint density at radius 3 is 2.78 bits per heavy atom. The summed E-state index contributed by atoms with van der Waals surface area (Å²) in [6.45, 7) is 7.25. The SMILES string of the molecule is Cc1cc(CN(C[C@@H]2CN(C)CCO2)C(=O)c2ccc(=O)n(C)n2)c(C)[nH]1. The number of hydrogen-bond donors (Lipinski definition) is 1. The van der Waals surface area contributed by atoms with E-state index in [1.165, 1.54) is 16.8 Å². The van der Waals surface area contributed by atoms with Crippen LogP contribution in [0.2, 0.25) is 0 Å². The Morgan fingerprint density at radius 1 is 1.37 bits per heavy atom. The highest BCUT2D eigenvalue weighted by Crippen LogP contribution is 2.16. The molecule has 146 valence electrons. The maximum absolute atomic E-state index is 13.2. The number of nitrogens with zero attached hydrogens (tertiary/aromatic N) is 4. The summed E-state index contributed by atoms with van der Waals surface area (Å²) in [6.07, 6.45) is -0.0550. The van der Waals surface area contributed by atoms with Gasteiger partial charge in [-0.3, -0.25) is 9.59 Å². The zero-order valence-electron chi connectivity index (χ0n) is 16.4. The van der Waals surface area contributed by atoms with Crippen molar-refractivity contribution in [3.05, 3.63) is 51.2 Å². The number of carbonyl (C=O) groups is 1. The molecule has 1 N–H and O–H groups in total. The molecule has 0 spiro atoms. The second-order valence-corrected chi connectivity index (χ2v) is 7.22. The number of carbonyl (C=O) groups excluding carboxylic acids is 1. The van der Waals surface area contributed by atoms with Gasteiger partial charge in [-0.05, 0) is 38.6 Å². The number of aromatic amines is 1. The van der Waals surface area contributed by atoms with Crippen LogP contribution in [0.4, 0.5) is 0 Å². The topological polar surface area (TPSA) is 83.5 Å². The fourth-order valence-corrected chi connectivity index (χ4v) is 3.37. The molecule has 1 saturated heterocycles. The number of hydrogen-bond acceptors (Lipinski definition) is 5. The van der Waals surface area contributed by atoms with Gasteiger partial charge in [-0.1, -0.05) is 0 Å². The maximum Gasteiger partial charge on any atom is 0.274 e. The van der Waals surface area contributed by atoms with Crippen LogP contribution in [0.15, 0.2) is 23.0 Å². The number of nitrogens with one attached hydrogen (secondary N) is 1. The molecular weight excluding hydrogens is 346 g/mol. The quantitative estimate of drug-likeness (QED) is 0.834. The Morgan fingerprint density at radius 2 is 2.15 bits per heavy atom. The molecule has 1 aliphatic heterocycles. The van der Waals surface area contributed by atoms with Gasteiger partial charge in [0, 0.05) is 50.7 Å². The minimum absolute atomic E-state index is 0.0550. The van der Waals surface area contributed by atoms with Crippen molar-refractivity contribution in [1.29, 1.82) is 0 Å². The van der Waals surface area contributed by atoms with Crippen molar-refractivity contribution in [2.45, 2.75) is 26.5 Å². The van der Waals surface area contributed by atoms with Crippen LogP contribution >= 0.6 is 0 Å². The van der Waals surface area contributed by atoms with Gasteiger partial charge in [-0.15, -0.1) is 0 Å². The summed E-state index contributed by atoms with van der Waals surface area (Å²) in [7, 11) is 3.60. The van der Waals surface area contributed by atoms with E-state index in [4.69, 9.17) is 4.74 Å². The predicted molar refractivity (Wildman–Crippen MR) is 102 cm³/mol. The van der Waals surface area contributed by atoms with E-state index in [2.05, 4.69) is 28.1 Å². The molecule has 0 saturated carbocycles. The first-order chi connectivity index (χ1) is 12.8.